The van der Waals surface area contributed by atoms with Gasteiger partial charge in [0, 0.05) is 25.6 Å². The van der Waals surface area contributed by atoms with Crippen molar-refractivity contribution in [2.24, 2.45) is 0 Å². The predicted octanol–water partition coefficient (Wildman–Crippen LogP) is 4.19. The topological polar surface area (TPSA) is 96.0 Å². The summed E-state index contributed by atoms with van der Waals surface area (Å²) in [5.41, 5.74) is 3.30. The Labute approximate surface area is 222 Å². The third kappa shape index (κ3) is 8.77. The Balaban J connectivity index is 2.25. The van der Waals surface area contributed by atoms with Crippen molar-refractivity contribution in [1.82, 2.24) is 10.2 Å². The van der Waals surface area contributed by atoms with Crippen molar-refractivity contribution in [3.8, 4) is 5.75 Å². The van der Waals surface area contributed by atoms with Gasteiger partial charge >= 0.3 is 0 Å². The second-order valence-electron chi connectivity index (χ2n) is 9.69. The number of methoxy groups -OCH3 is 1. The standard InChI is InChI=1S/C28H41N3O5S/c1-8-25(28(33)29-20(2)3)30(19-23-13-15-24(36-6)16-14-23)27(32)10-9-17-31(37(7,34)35)26-18-21(4)11-12-22(26)5/h11-16,18,20,25H,8-10,17,19H2,1-7H3,(H,29,33)/t25-/m1/s1. The minimum atomic E-state index is -3.55. The molecule has 0 heterocycles. The highest BCUT2D eigenvalue weighted by molar-refractivity contribution is 7.92. The number of nitrogens with zero attached hydrogens (tertiary/aromatic N) is 2. The first-order chi connectivity index (χ1) is 17.4. The maximum atomic E-state index is 13.5. The van der Waals surface area contributed by atoms with Crippen LogP contribution in [0, 0.1) is 13.8 Å². The van der Waals surface area contributed by atoms with E-state index in [4.69, 9.17) is 4.74 Å². The Bertz CT molecular complexity index is 1160. The number of benzene rings is 2. The molecule has 0 fully saturated rings. The van der Waals surface area contributed by atoms with E-state index in [0.29, 0.717) is 24.3 Å². The zero-order valence-corrected chi connectivity index (χ0v) is 23.9. The van der Waals surface area contributed by atoms with E-state index in [2.05, 4.69) is 5.32 Å². The fourth-order valence-corrected chi connectivity index (χ4v) is 5.21. The van der Waals surface area contributed by atoms with Gasteiger partial charge in [0.1, 0.15) is 11.8 Å². The number of hydrogen-bond acceptors (Lipinski definition) is 5. The molecular weight excluding hydrogens is 490 g/mol. The van der Waals surface area contributed by atoms with Crippen molar-refractivity contribution in [2.45, 2.75) is 72.5 Å². The highest BCUT2D eigenvalue weighted by Gasteiger charge is 2.29. The Morgan fingerprint density at radius 1 is 1.05 bits per heavy atom. The van der Waals surface area contributed by atoms with E-state index in [1.165, 1.54) is 10.6 Å². The summed E-state index contributed by atoms with van der Waals surface area (Å²) in [6, 6.07) is 12.4. The molecule has 0 aliphatic heterocycles. The average Bonchev–Trinajstić information content (AvgIpc) is 2.82. The lowest BCUT2D eigenvalue weighted by Crippen LogP contribution is -2.50. The molecule has 2 aromatic carbocycles. The van der Waals surface area contributed by atoms with E-state index in [9.17, 15) is 18.0 Å². The van der Waals surface area contributed by atoms with E-state index in [0.717, 1.165) is 16.7 Å². The lowest BCUT2D eigenvalue weighted by molar-refractivity contribution is -0.141. The summed E-state index contributed by atoms with van der Waals surface area (Å²) in [5.74, 6) is 0.307. The Hall–Kier alpha value is -3.07. The number of carbonyl (C=O) groups excluding carboxylic acids is 2. The number of nitrogens with one attached hydrogen (secondary N) is 1. The predicted molar refractivity (Wildman–Crippen MR) is 148 cm³/mol. The highest BCUT2D eigenvalue weighted by atomic mass is 32.2. The molecule has 0 aliphatic rings. The van der Waals surface area contributed by atoms with Crippen LogP contribution in [0.2, 0.25) is 0 Å². The quantitative estimate of drug-likeness (QED) is 0.418. The zero-order valence-electron chi connectivity index (χ0n) is 23.1. The van der Waals surface area contributed by atoms with Crippen molar-refractivity contribution in [1.29, 1.82) is 0 Å². The summed E-state index contributed by atoms with van der Waals surface area (Å²) in [5, 5.41) is 2.92. The first kappa shape index (κ1) is 30.2. The Morgan fingerprint density at radius 2 is 1.70 bits per heavy atom. The second kappa shape index (κ2) is 13.5. The number of ether oxygens (including phenoxy) is 1. The minimum Gasteiger partial charge on any atom is -0.497 e. The van der Waals surface area contributed by atoms with Gasteiger partial charge in [-0.1, -0.05) is 31.2 Å². The van der Waals surface area contributed by atoms with Gasteiger partial charge in [0.25, 0.3) is 0 Å². The van der Waals surface area contributed by atoms with Gasteiger partial charge in [0.15, 0.2) is 0 Å². The van der Waals surface area contributed by atoms with Gasteiger partial charge in [-0.05, 0) is 75.4 Å². The number of aryl methyl sites for hydroxylation is 2. The van der Waals surface area contributed by atoms with Crippen molar-refractivity contribution in [3.05, 3.63) is 59.2 Å². The molecule has 0 saturated heterocycles. The van der Waals surface area contributed by atoms with E-state index >= 15 is 0 Å². The number of sulfonamides is 1. The first-order valence-electron chi connectivity index (χ1n) is 12.6. The molecule has 2 rings (SSSR count). The van der Waals surface area contributed by atoms with Crippen LogP contribution >= 0.6 is 0 Å². The number of anilines is 1. The van der Waals surface area contributed by atoms with Gasteiger partial charge in [0.2, 0.25) is 21.8 Å². The summed E-state index contributed by atoms with van der Waals surface area (Å²) >= 11 is 0. The van der Waals surface area contributed by atoms with Gasteiger partial charge in [-0.3, -0.25) is 13.9 Å². The summed E-state index contributed by atoms with van der Waals surface area (Å²) < 4.78 is 31.8. The van der Waals surface area contributed by atoms with Crippen LogP contribution in [0.15, 0.2) is 42.5 Å². The summed E-state index contributed by atoms with van der Waals surface area (Å²) in [4.78, 5) is 28.1. The lowest BCUT2D eigenvalue weighted by atomic mass is 10.1. The molecule has 1 atom stereocenters. The van der Waals surface area contributed by atoms with Gasteiger partial charge in [0.05, 0.1) is 19.1 Å². The fourth-order valence-electron chi connectivity index (χ4n) is 4.20. The second-order valence-corrected chi connectivity index (χ2v) is 11.6. The molecule has 2 aromatic rings. The largest absolute Gasteiger partial charge is 0.497 e. The lowest BCUT2D eigenvalue weighted by Gasteiger charge is -2.31. The highest BCUT2D eigenvalue weighted by Crippen LogP contribution is 2.25. The number of carbonyl (C=O) groups is 2. The van der Waals surface area contributed by atoms with Crippen LogP contribution in [-0.4, -0.2) is 57.1 Å². The summed E-state index contributed by atoms with van der Waals surface area (Å²) in [6.45, 7) is 9.86. The van der Waals surface area contributed by atoms with Gasteiger partial charge < -0.3 is 15.0 Å². The number of rotatable bonds is 13. The maximum absolute atomic E-state index is 13.5. The molecule has 1 N–H and O–H groups in total. The van der Waals surface area contributed by atoms with Gasteiger partial charge in [-0.25, -0.2) is 8.42 Å². The molecule has 0 spiro atoms. The Kier molecular flexibility index (Phi) is 11.0. The van der Waals surface area contributed by atoms with Crippen LogP contribution in [0.25, 0.3) is 0 Å². The van der Waals surface area contributed by atoms with Crippen molar-refractivity contribution in [3.63, 3.8) is 0 Å². The molecule has 0 radical (unpaired) electrons. The summed E-state index contributed by atoms with van der Waals surface area (Å²) in [7, 11) is -1.96. The van der Waals surface area contributed by atoms with E-state index in [-0.39, 0.29) is 37.4 Å². The molecule has 37 heavy (non-hydrogen) atoms. The normalized spacial score (nSPS) is 12.2. The molecule has 9 heteroatoms. The van der Waals surface area contributed by atoms with Crippen LogP contribution in [0.5, 0.6) is 5.75 Å². The van der Waals surface area contributed by atoms with E-state index < -0.39 is 16.1 Å². The van der Waals surface area contributed by atoms with Crippen molar-refractivity contribution < 1.29 is 22.7 Å². The smallest absolute Gasteiger partial charge is 0.243 e. The molecule has 8 nitrogen and oxygen atoms in total. The number of hydrogen-bond donors (Lipinski definition) is 1. The third-order valence-corrected chi connectivity index (χ3v) is 7.29. The van der Waals surface area contributed by atoms with Crippen molar-refractivity contribution in [2.75, 3.05) is 24.2 Å². The molecule has 204 valence electrons. The third-order valence-electron chi connectivity index (χ3n) is 6.11. The summed E-state index contributed by atoms with van der Waals surface area (Å²) in [6.07, 6.45) is 2.06. The number of amides is 2. The van der Waals surface area contributed by atoms with Crippen LogP contribution in [0.3, 0.4) is 0 Å². The molecule has 0 unspecified atom stereocenters. The first-order valence-corrected chi connectivity index (χ1v) is 14.5. The molecule has 2 amide bonds. The van der Waals surface area contributed by atoms with Crippen LogP contribution in [-0.2, 0) is 26.2 Å². The SMILES string of the molecule is CC[C@H](C(=O)NC(C)C)N(Cc1ccc(OC)cc1)C(=O)CCCN(c1cc(C)ccc1C)S(C)(=O)=O. The van der Waals surface area contributed by atoms with Crippen LogP contribution < -0.4 is 14.4 Å². The molecule has 0 aliphatic carbocycles. The van der Waals surface area contributed by atoms with E-state index in [1.54, 1.807) is 12.0 Å². The molecule has 0 aromatic heterocycles. The van der Waals surface area contributed by atoms with Gasteiger partial charge in [-0.2, -0.15) is 0 Å². The average molecular weight is 532 g/mol. The van der Waals surface area contributed by atoms with Crippen LogP contribution in [0.4, 0.5) is 5.69 Å². The Morgan fingerprint density at radius 3 is 2.24 bits per heavy atom. The van der Waals surface area contributed by atoms with Crippen LogP contribution in [0.1, 0.15) is 56.7 Å². The minimum absolute atomic E-state index is 0.0552. The van der Waals surface area contributed by atoms with Crippen molar-refractivity contribution >= 4 is 27.5 Å². The zero-order chi connectivity index (χ0) is 27.8. The molecule has 0 saturated carbocycles. The van der Waals surface area contributed by atoms with Gasteiger partial charge in [-0.15, -0.1) is 0 Å². The molecular formula is C28H41N3O5S. The maximum Gasteiger partial charge on any atom is 0.243 e. The molecule has 0 bridgehead atoms. The fraction of sp³-hybridized carbons (Fsp3) is 0.500. The monoisotopic (exact) mass is 531 g/mol. The van der Waals surface area contributed by atoms with E-state index in [1.807, 2.05) is 77.1 Å².